The number of ether oxygens (including phenoxy) is 2. The van der Waals surface area contributed by atoms with E-state index in [-0.39, 0.29) is 0 Å². The zero-order valence-corrected chi connectivity index (χ0v) is 9.03. The third-order valence-electron chi connectivity index (χ3n) is 2.64. The van der Waals surface area contributed by atoms with Crippen molar-refractivity contribution in [1.82, 2.24) is 0 Å². The SMILES string of the molecule is CCOc1cc(OC2CCC2)ccc1N. The Morgan fingerprint density at radius 3 is 2.80 bits per heavy atom. The van der Waals surface area contributed by atoms with Crippen LogP contribution in [0.1, 0.15) is 26.2 Å². The summed E-state index contributed by atoms with van der Waals surface area (Å²) < 4.78 is 11.2. The van der Waals surface area contributed by atoms with Crippen LogP contribution in [-0.2, 0) is 0 Å². The van der Waals surface area contributed by atoms with Gasteiger partial charge < -0.3 is 15.2 Å². The maximum Gasteiger partial charge on any atom is 0.145 e. The van der Waals surface area contributed by atoms with E-state index >= 15 is 0 Å². The van der Waals surface area contributed by atoms with Crippen molar-refractivity contribution in [1.29, 1.82) is 0 Å². The lowest BCUT2D eigenvalue weighted by Gasteiger charge is -2.26. The lowest BCUT2D eigenvalue weighted by atomic mass is 9.96. The Hall–Kier alpha value is -1.38. The Bertz CT molecular complexity index is 334. The molecule has 0 heterocycles. The molecular formula is C12H17NO2. The van der Waals surface area contributed by atoms with E-state index < -0.39 is 0 Å². The molecular weight excluding hydrogens is 190 g/mol. The molecule has 0 radical (unpaired) electrons. The first-order valence-corrected chi connectivity index (χ1v) is 5.48. The zero-order valence-electron chi connectivity index (χ0n) is 9.03. The Morgan fingerprint density at radius 1 is 1.40 bits per heavy atom. The molecule has 0 aromatic heterocycles. The van der Waals surface area contributed by atoms with Crippen molar-refractivity contribution in [3.63, 3.8) is 0 Å². The van der Waals surface area contributed by atoms with Gasteiger partial charge in [-0.3, -0.25) is 0 Å². The summed E-state index contributed by atoms with van der Waals surface area (Å²) in [5.41, 5.74) is 6.44. The molecule has 15 heavy (non-hydrogen) atoms. The topological polar surface area (TPSA) is 44.5 Å². The summed E-state index contributed by atoms with van der Waals surface area (Å²) in [6.07, 6.45) is 3.99. The highest BCUT2D eigenvalue weighted by molar-refractivity contribution is 5.55. The Balaban J connectivity index is 2.06. The van der Waals surface area contributed by atoms with Crippen molar-refractivity contribution in [3.8, 4) is 11.5 Å². The summed E-state index contributed by atoms with van der Waals surface area (Å²) in [5, 5.41) is 0. The summed E-state index contributed by atoms with van der Waals surface area (Å²) in [4.78, 5) is 0. The van der Waals surface area contributed by atoms with Gasteiger partial charge in [0.2, 0.25) is 0 Å². The largest absolute Gasteiger partial charge is 0.492 e. The third kappa shape index (κ3) is 2.35. The van der Waals surface area contributed by atoms with E-state index in [1.165, 1.54) is 6.42 Å². The third-order valence-corrected chi connectivity index (χ3v) is 2.64. The van der Waals surface area contributed by atoms with E-state index in [2.05, 4.69) is 0 Å². The molecule has 2 N–H and O–H groups in total. The van der Waals surface area contributed by atoms with E-state index in [1.807, 2.05) is 25.1 Å². The monoisotopic (exact) mass is 207 g/mol. The number of anilines is 1. The average Bonchev–Trinajstić information content (AvgIpc) is 2.17. The average molecular weight is 207 g/mol. The van der Waals surface area contributed by atoms with Crippen LogP contribution in [0.3, 0.4) is 0 Å². The maximum atomic E-state index is 5.77. The summed E-state index contributed by atoms with van der Waals surface area (Å²) in [5.74, 6) is 1.58. The van der Waals surface area contributed by atoms with Crippen LogP contribution in [-0.4, -0.2) is 12.7 Å². The normalized spacial score (nSPS) is 15.8. The predicted octanol–water partition coefficient (Wildman–Crippen LogP) is 2.60. The molecule has 0 bridgehead atoms. The molecule has 0 amide bonds. The van der Waals surface area contributed by atoms with Crippen LogP contribution < -0.4 is 15.2 Å². The molecule has 1 aliphatic rings. The van der Waals surface area contributed by atoms with Crippen LogP contribution in [0.5, 0.6) is 11.5 Å². The molecule has 0 saturated heterocycles. The number of rotatable bonds is 4. The van der Waals surface area contributed by atoms with Crippen LogP contribution in [0.2, 0.25) is 0 Å². The predicted molar refractivity (Wildman–Crippen MR) is 60.3 cm³/mol. The van der Waals surface area contributed by atoms with Gasteiger partial charge in [0.25, 0.3) is 0 Å². The fourth-order valence-corrected chi connectivity index (χ4v) is 1.55. The first-order chi connectivity index (χ1) is 7.29. The Morgan fingerprint density at radius 2 is 2.20 bits per heavy atom. The fourth-order valence-electron chi connectivity index (χ4n) is 1.55. The quantitative estimate of drug-likeness (QED) is 0.772. The summed E-state index contributed by atoms with van der Waals surface area (Å²) in [6.45, 7) is 2.57. The second-order valence-electron chi connectivity index (χ2n) is 3.80. The van der Waals surface area contributed by atoms with Crippen molar-refractivity contribution in [2.75, 3.05) is 12.3 Å². The van der Waals surface area contributed by atoms with Gasteiger partial charge in [-0.15, -0.1) is 0 Å². The van der Waals surface area contributed by atoms with Gasteiger partial charge in [-0.25, -0.2) is 0 Å². The number of hydrogen-bond acceptors (Lipinski definition) is 3. The van der Waals surface area contributed by atoms with Crippen LogP contribution in [0.4, 0.5) is 5.69 Å². The van der Waals surface area contributed by atoms with Crippen LogP contribution in [0.15, 0.2) is 18.2 Å². The molecule has 3 heteroatoms. The summed E-state index contributed by atoms with van der Waals surface area (Å²) >= 11 is 0. The van der Waals surface area contributed by atoms with Gasteiger partial charge in [0.1, 0.15) is 11.5 Å². The Labute approximate surface area is 90.2 Å². The molecule has 0 spiro atoms. The van der Waals surface area contributed by atoms with Gasteiger partial charge in [-0.1, -0.05) is 0 Å². The highest BCUT2D eigenvalue weighted by Gasteiger charge is 2.19. The standard InChI is InChI=1S/C12H17NO2/c1-2-14-12-8-10(6-7-11(12)13)15-9-4-3-5-9/h6-9H,2-5,13H2,1H3. The van der Waals surface area contributed by atoms with Gasteiger partial charge in [-0.2, -0.15) is 0 Å². The second kappa shape index (κ2) is 4.43. The molecule has 1 aliphatic carbocycles. The molecule has 2 rings (SSSR count). The zero-order chi connectivity index (χ0) is 10.7. The molecule has 0 aliphatic heterocycles. The van der Waals surface area contributed by atoms with Crippen LogP contribution in [0, 0.1) is 0 Å². The smallest absolute Gasteiger partial charge is 0.145 e. The lowest BCUT2D eigenvalue weighted by molar-refractivity contribution is 0.120. The molecule has 1 aromatic carbocycles. The first-order valence-electron chi connectivity index (χ1n) is 5.48. The van der Waals surface area contributed by atoms with Gasteiger partial charge in [0, 0.05) is 6.07 Å². The molecule has 1 saturated carbocycles. The minimum absolute atomic E-state index is 0.392. The van der Waals surface area contributed by atoms with Crippen molar-refractivity contribution in [3.05, 3.63) is 18.2 Å². The first kappa shape index (κ1) is 10.1. The van der Waals surface area contributed by atoms with E-state index in [4.69, 9.17) is 15.2 Å². The maximum absolute atomic E-state index is 5.77. The van der Waals surface area contributed by atoms with Crippen molar-refractivity contribution >= 4 is 5.69 Å². The Kier molecular flexibility index (Phi) is 2.99. The minimum Gasteiger partial charge on any atom is -0.492 e. The van der Waals surface area contributed by atoms with E-state index in [1.54, 1.807) is 0 Å². The number of hydrogen-bond donors (Lipinski definition) is 1. The molecule has 0 atom stereocenters. The summed E-state index contributed by atoms with van der Waals surface area (Å²) in [7, 11) is 0. The highest BCUT2D eigenvalue weighted by atomic mass is 16.5. The second-order valence-corrected chi connectivity index (χ2v) is 3.80. The number of nitrogen functional groups attached to an aromatic ring is 1. The van der Waals surface area contributed by atoms with E-state index in [0.717, 1.165) is 18.6 Å². The van der Waals surface area contributed by atoms with Gasteiger partial charge >= 0.3 is 0 Å². The highest BCUT2D eigenvalue weighted by Crippen LogP contribution is 2.30. The minimum atomic E-state index is 0.392. The van der Waals surface area contributed by atoms with Crippen LogP contribution >= 0.6 is 0 Å². The fraction of sp³-hybridized carbons (Fsp3) is 0.500. The van der Waals surface area contributed by atoms with Crippen molar-refractivity contribution in [2.24, 2.45) is 0 Å². The van der Waals surface area contributed by atoms with E-state index in [9.17, 15) is 0 Å². The summed E-state index contributed by atoms with van der Waals surface area (Å²) in [6, 6.07) is 5.60. The van der Waals surface area contributed by atoms with E-state index in [0.29, 0.717) is 24.1 Å². The molecule has 1 aromatic rings. The lowest BCUT2D eigenvalue weighted by Crippen LogP contribution is -2.24. The van der Waals surface area contributed by atoms with Gasteiger partial charge in [0.05, 0.1) is 18.4 Å². The van der Waals surface area contributed by atoms with Crippen molar-refractivity contribution in [2.45, 2.75) is 32.3 Å². The van der Waals surface area contributed by atoms with Gasteiger partial charge in [-0.05, 0) is 38.3 Å². The molecule has 0 unspecified atom stereocenters. The van der Waals surface area contributed by atoms with Crippen molar-refractivity contribution < 1.29 is 9.47 Å². The molecule has 1 fully saturated rings. The number of benzene rings is 1. The van der Waals surface area contributed by atoms with Crippen LogP contribution in [0.25, 0.3) is 0 Å². The number of nitrogens with two attached hydrogens (primary N) is 1. The molecule has 82 valence electrons. The van der Waals surface area contributed by atoms with Gasteiger partial charge in [0.15, 0.2) is 0 Å². The molecule has 3 nitrogen and oxygen atoms in total.